The molecule has 3 fully saturated rings. The minimum atomic E-state index is -0.335. The Bertz CT molecular complexity index is 534. The van der Waals surface area contributed by atoms with Gasteiger partial charge in [0.15, 0.2) is 0 Å². The number of piperazine rings is 1. The molecule has 0 aromatic rings. The van der Waals surface area contributed by atoms with Crippen LogP contribution < -0.4 is 10.6 Å². The van der Waals surface area contributed by atoms with Crippen molar-refractivity contribution in [1.82, 2.24) is 10.6 Å². The molecule has 0 spiro atoms. The summed E-state index contributed by atoms with van der Waals surface area (Å²) in [5.41, 5.74) is 0. The van der Waals surface area contributed by atoms with Gasteiger partial charge in [-0.2, -0.15) is 0 Å². The van der Waals surface area contributed by atoms with Crippen molar-refractivity contribution >= 4 is 11.8 Å². The fraction of sp³-hybridized carbons (Fsp3) is 0.769. The van der Waals surface area contributed by atoms with Crippen molar-refractivity contribution < 1.29 is 9.59 Å². The molecule has 3 aliphatic rings. The van der Waals surface area contributed by atoms with Gasteiger partial charge in [-0.25, -0.2) is 0 Å². The third kappa shape index (κ3) is 6.72. The fourth-order valence-electron chi connectivity index (χ4n) is 5.89. The lowest BCUT2D eigenvalue weighted by Gasteiger charge is -2.36. The predicted molar refractivity (Wildman–Crippen MR) is 123 cm³/mol. The Morgan fingerprint density at radius 3 is 1.30 bits per heavy atom. The summed E-state index contributed by atoms with van der Waals surface area (Å²) in [5.74, 6) is 2.81. The number of rotatable bonds is 10. The lowest BCUT2D eigenvalue weighted by atomic mass is 9.76. The van der Waals surface area contributed by atoms with E-state index in [0.717, 1.165) is 37.5 Å². The van der Waals surface area contributed by atoms with Gasteiger partial charge in [-0.1, -0.05) is 63.5 Å². The minimum Gasteiger partial charge on any atom is -0.343 e. The van der Waals surface area contributed by atoms with E-state index < -0.39 is 0 Å². The fourth-order valence-corrected chi connectivity index (χ4v) is 5.89. The van der Waals surface area contributed by atoms with Crippen LogP contribution in [0.4, 0.5) is 0 Å². The summed E-state index contributed by atoms with van der Waals surface area (Å²) < 4.78 is 0. The zero-order valence-electron chi connectivity index (χ0n) is 18.7. The molecule has 2 amide bonds. The third-order valence-electron chi connectivity index (χ3n) is 7.89. The average Bonchev–Trinajstić information content (AvgIpc) is 2.76. The summed E-state index contributed by atoms with van der Waals surface area (Å²) in [6.07, 6.45) is 20.0. The Balaban J connectivity index is 1.38. The second-order valence-electron chi connectivity index (χ2n) is 10.1. The molecular formula is C26H42N2O2. The molecule has 0 aromatic heterocycles. The molecule has 0 aromatic carbocycles. The van der Waals surface area contributed by atoms with Crippen LogP contribution in [-0.4, -0.2) is 23.9 Å². The smallest absolute Gasteiger partial charge is 0.243 e. The van der Waals surface area contributed by atoms with Gasteiger partial charge in [0.2, 0.25) is 11.8 Å². The first-order chi connectivity index (χ1) is 14.6. The maximum absolute atomic E-state index is 12.7. The van der Waals surface area contributed by atoms with Gasteiger partial charge in [-0.15, -0.1) is 13.2 Å². The molecule has 30 heavy (non-hydrogen) atoms. The number of hydrogen-bond donors (Lipinski definition) is 2. The number of allylic oxidation sites excluding steroid dienone is 2. The zero-order chi connectivity index (χ0) is 21.3. The van der Waals surface area contributed by atoms with Gasteiger partial charge in [-0.05, 0) is 62.2 Å². The van der Waals surface area contributed by atoms with E-state index in [-0.39, 0.29) is 23.9 Å². The summed E-state index contributed by atoms with van der Waals surface area (Å²) >= 11 is 0. The molecule has 1 saturated heterocycles. The zero-order valence-corrected chi connectivity index (χ0v) is 18.7. The number of amides is 2. The highest BCUT2D eigenvalue weighted by Gasteiger charge is 2.37. The van der Waals surface area contributed by atoms with Crippen molar-refractivity contribution in [3.63, 3.8) is 0 Å². The molecule has 1 heterocycles. The monoisotopic (exact) mass is 414 g/mol. The SMILES string of the molecule is C=CCCC1CCC(CC2NC(=O)C(CC3CCC(CCC=C)CC3)NC2=O)CC1. The van der Waals surface area contributed by atoms with Crippen molar-refractivity contribution in [3.05, 3.63) is 25.3 Å². The van der Waals surface area contributed by atoms with E-state index >= 15 is 0 Å². The molecule has 3 rings (SSSR count). The van der Waals surface area contributed by atoms with E-state index in [2.05, 4.69) is 23.8 Å². The third-order valence-corrected chi connectivity index (χ3v) is 7.89. The maximum atomic E-state index is 12.7. The van der Waals surface area contributed by atoms with Gasteiger partial charge in [0.1, 0.15) is 12.1 Å². The summed E-state index contributed by atoms with van der Waals surface area (Å²) in [5, 5.41) is 6.12. The van der Waals surface area contributed by atoms with Crippen molar-refractivity contribution in [1.29, 1.82) is 0 Å². The summed E-state index contributed by atoms with van der Waals surface area (Å²) in [7, 11) is 0. The Kier molecular flexibility index (Phi) is 9.02. The Hall–Kier alpha value is -1.58. The van der Waals surface area contributed by atoms with Crippen LogP contribution >= 0.6 is 0 Å². The second-order valence-corrected chi connectivity index (χ2v) is 10.1. The quantitative estimate of drug-likeness (QED) is 0.477. The van der Waals surface area contributed by atoms with Gasteiger partial charge < -0.3 is 10.6 Å². The molecule has 0 bridgehead atoms. The molecule has 2 aliphatic carbocycles. The highest BCUT2D eigenvalue weighted by molar-refractivity contribution is 5.96. The standard InChI is InChI=1S/C26H42N2O2/c1-3-5-7-19-9-13-21(14-10-19)17-23-25(29)28-24(26(30)27-23)18-22-15-11-20(12-16-22)8-6-4-2/h3-4,19-24H,1-2,5-18H2,(H,27,30)(H,28,29). The number of nitrogens with one attached hydrogen (secondary N) is 2. The van der Waals surface area contributed by atoms with Crippen LogP contribution in [0.25, 0.3) is 0 Å². The maximum Gasteiger partial charge on any atom is 0.243 e. The topological polar surface area (TPSA) is 58.2 Å². The highest BCUT2D eigenvalue weighted by Crippen LogP contribution is 2.36. The first kappa shape index (κ1) is 23.1. The molecule has 0 radical (unpaired) electrons. The summed E-state index contributed by atoms with van der Waals surface area (Å²) in [6, 6.07) is -0.670. The lowest BCUT2D eigenvalue weighted by molar-refractivity contribution is -0.137. The van der Waals surface area contributed by atoms with Crippen LogP contribution in [-0.2, 0) is 9.59 Å². The Morgan fingerprint density at radius 1 is 0.633 bits per heavy atom. The van der Waals surface area contributed by atoms with Crippen LogP contribution in [0.1, 0.15) is 89.9 Å². The van der Waals surface area contributed by atoms with Crippen LogP contribution in [0, 0.1) is 23.7 Å². The van der Waals surface area contributed by atoms with Crippen molar-refractivity contribution in [2.45, 2.75) is 102 Å². The first-order valence-electron chi connectivity index (χ1n) is 12.4. The Morgan fingerprint density at radius 2 is 0.967 bits per heavy atom. The molecule has 1 aliphatic heterocycles. The van der Waals surface area contributed by atoms with E-state index in [1.165, 1.54) is 64.2 Å². The predicted octanol–water partition coefficient (Wildman–Crippen LogP) is 5.30. The molecule has 2 saturated carbocycles. The van der Waals surface area contributed by atoms with Gasteiger partial charge in [0, 0.05) is 0 Å². The van der Waals surface area contributed by atoms with Gasteiger partial charge in [0.25, 0.3) is 0 Å². The molecule has 4 heteroatoms. The summed E-state index contributed by atoms with van der Waals surface area (Å²) in [6.45, 7) is 7.64. The number of carbonyl (C=O) groups is 2. The molecular weight excluding hydrogens is 372 g/mol. The average molecular weight is 415 g/mol. The largest absolute Gasteiger partial charge is 0.343 e. The van der Waals surface area contributed by atoms with Crippen LogP contribution in [0.15, 0.2) is 25.3 Å². The van der Waals surface area contributed by atoms with Gasteiger partial charge in [-0.3, -0.25) is 9.59 Å². The second kappa shape index (κ2) is 11.7. The van der Waals surface area contributed by atoms with Crippen molar-refractivity contribution in [3.8, 4) is 0 Å². The number of hydrogen-bond acceptors (Lipinski definition) is 2. The normalized spacial score (nSPS) is 34.7. The van der Waals surface area contributed by atoms with Gasteiger partial charge >= 0.3 is 0 Å². The van der Waals surface area contributed by atoms with E-state index in [4.69, 9.17) is 0 Å². The number of carbonyl (C=O) groups excluding carboxylic acids is 2. The summed E-state index contributed by atoms with van der Waals surface area (Å²) in [4.78, 5) is 25.4. The molecule has 2 unspecified atom stereocenters. The van der Waals surface area contributed by atoms with E-state index in [1.807, 2.05) is 12.2 Å². The minimum absolute atomic E-state index is 0.0352. The van der Waals surface area contributed by atoms with Gasteiger partial charge in [0.05, 0.1) is 0 Å². The lowest BCUT2D eigenvalue weighted by Crippen LogP contribution is -2.62. The Labute approximate surface area is 183 Å². The van der Waals surface area contributed by atoms with Crippen LogP contribution in [0.5, 0.6) is 0 Å². The molecule has 168 valence electrons. The first-order valence-corrected chi connectivity index (χ1v) is 12.4. The molecule has 2 atom stereocenters. The van der Waals surface area contributed by atoms with Crippen molar-refractivity contribution in [2.75, 3.05) is 0 Å². The molecule has 2 N–H and O–H groups in total. The van der Waals surface area contributed by atoms with Crippen LogP contribution in [0.3, 0.4) is 0 Å². The van der Waals surface area contributed by atoms with Crippen LogP contribution in [0.2, 0.25) is 0 Å². The highest BCUT2D eigenvalue weighted by atomic mass is 16.2. The van der Waals surface area contributed by atoms with Crippen molar-refractivity contribution in [2.24, 2.45) is 23.7 Å². The van der Waals surface area contributed by atoms with E-state index in [1.54, 1.807) is 0 Å². The molecule has 4 nitrogen and oxygen atoms in total. The van der Waals surface area contributed by atoms with E-state index in [0.29, 0.717) is 11.8 Å². The van der Waals surface area contributed by atoms with E-state index in [9.17, 15) is 9.59 Å².